The number of amides is 1. The van der Waals surface area contributed by atoms with Gasteiger partial charge in [-0.1, -0.05) is 13.8 Å². The second-order valence-electron chi connectivity index (χ2n) is 4.44. The first-order valence-corrected chi connectivity index (χ1v) is 6.32. The fourth-order valence-corrected chi connectivity index (χ4v) is 2.69. The van der Waals surface area contributed by atoms with Crippen molar-refractivity contribution in [3.05, 3.63) is 21.4 Å². The third kappa shape index (κ3) is 3.32. The first-order chi connectivity index (χ1) is 7.41. The van der Waals surface area contributed by atoms with E-state index >= 15 is 0 Å². The Morgan fingerprint density at radius 1 is 1.50 bits per heavy atom. The molecule has 1 rings (SSSR count). The first kappa shape index (κ1) is 13.2. The van der Waals surface area contributed by atoms with Gasteiger partial charge in [0.25, 0.3) is 0 Å². The molecule has 1 unspecified atom stereocenters. The lowest BCUT2D eigenvalue weighted by Crippen LogP contribution is -2.44. The topological polar surface area (TPSA) is 55.1 Å². The van der Waals surface area contributed by atoms with E-state index < -0.39 is 0 Å². The van der Waals surface area contributed by atoms with Crippen LogP contribution in [0.1, 0.15) is 29.2 Å². The van der Waals surface area contributed by atoms with E-state index in [9.17, 15) is 4.79 Å². The summed E-state index contributed by atoms with van der Waals surface area (Å²) in [6.07, 6.45) is 0. The Hall–Kier alpha value is -0.870. The van der Waals surface area contributed by atoms with Gasteiger partial charge in [0, 0.05) is 16.3 Å². The number of thiophene rings is 1. The molecule has 3 nitrogen and oxygen atoms in total. The van der Waals surface area contributed by atoms with Crippen LogP contribution in [-0.4, -0.2) is 11.9 Å². The third-order valence-corrected chi connectivity index (χ3v) is 3.64. The molecule has 3 N–H and O–H groups in total. The number of hydrogen-bond donors (Lipinski definition) is 2. The molecule has 0 spiro atoms. The van der Waals surface area contributed by atoms with Crippen molar-refractivity contribution in [2.75, 3.05) is 0 Å². The Labute approximate surface area is 101 Å². The van der Waals surface area contributed by atoms with E-state index in [1.54, 1.807) is 11.3 Å². The molecule has 0 aliphatic carbocycles. The van der Waals surface area contributed by atoms with Crippen LogP contribution in [-0.2, 0) is 11.3 Å². The van der Waals surface area contributed by atoms with Gasteiger partial charge >= 0.3 is 0 Å². The molecule has 1 heterocycles. The highest BCUT2D eigenvalue weighted by Gasteiger charge is 2.18. The molecule has 90 valence electrons. The van der Waals surface area contributed by atoms with Gasteiger partial charge in [-0.15, -0.1) is 11.3 Å². The van der Waals surface area contributed by atoms with Crippen molar-refractivity contribution in [1.29, 1.82) is 0 Å². The van der Waals surface area contributed by atoms with Crippen LogP contribution < -0.4 is 11.1 Å². The summed E-state index contributed by atoms with van der Waals surface area (Å²) in [7, 11) is 0. The minimum absolute atomic E-state index is 0.220. The fraction of sp³-hybridized carbons (Fsp3) is 0.583. The molecule has 0 fully saturated rings. The summed E-state index contributed by atoms with van der Waals surface area (Å²) in [4.78, 5) is 13.8. The summed E-state index contributed by atoms with van der Waals surface area (Å²) in [5.41, 5.74) is 6.60. The molecule has 4 heteroatoms. The van der Waals surface area contributed by atoms with Crippen molar-refractivity contribution in [3.63, 3.8) is 0 Å². The Morgan fingerprint density at radius 3 is 2.50 bits per heavy atom. The number of nitrogens with one attached hydrogen (secondary N) is 1. The van der Waals surface area contributed by atoms with Crippen LogP contribution in [0.25, 0.3) is 0 Å². The first-order valence-electron chi connectivity index (χ1n) is 5.50. The number of primary amides is 1. The summed E-state index contributed by atoms with van der Waals surface area (Å²) in [5.74, 6) is -0.0582. The molecule has 0 radical (unpaired) electrons. The third-order valence-electron chi connectivity index (χ3n) is 2.63. The average molecular weight is 240 g/mol. The largest absolute Gasteiger partial charge is 0.368 e. The number of carbonyl (C=O) groups is 1. The standard InChI is InChI=1S/C12H20N2OS/c1-7(2)11(12(13)15)14-6-10-5-8(3)16-9(10)4/h5,7,11,14H,6H2,1-4H3,(H2,13,15). The zero-order valence-corrected chi connectivity index (χ0v) is 11.1. The summed E-state index contributed by atoms with van der Waals surface area (Å²) >= 11 is 1.78. The molecule has 0 bridgehead atoms. The van der Waals surface area contributed by atoms with E-state index in [1.165, 1.54) is 15.3 Å². The van der Waals surface area contributed by atoms with Crippen LogP contribution in [0.2, 0.25) is 0 Å². The highest BCUT2D eigenvalue weighted by molar-refractivity contribution is 7.12. The SMILES string of the molecule is Cc1cc(CNC(C(N)=O)C(C)C)c(C)s1. The van der Waals surface area contributed by atoms with Crippen molar-refractivity contribution in [3.8, 4) is 0 Å². The molecule has 0 saturated carbocycles. The predicted molar refractivity (Wildman–Crippen MR) is 68.5 cm³/mol. The highest BCUT2D eigenvalue weighted by atomic mass is 32.1. The van der Waals surface area contributed by atoms with E-state index in [2.05, 4.69) is 25.2 Å². The monoisotopic (exact) mass is 240 g/mol. The van der Waals surface area contributed by atoms with Crippen LogP contribution >= 0.6 is 11.3 Å². The molecule has 0 aromatic carbocycles. The number of rotatable bonds is 5. The van der Waals surface area contributed by atoms with Crippen LogP contribution in [0.4, 0.5) is 0 Å². The van der Waals surface area contributed by atoms with Gasteiger partial charge in [-0.25, -0.2) is 0 Å². The summed E-state index contributed by atoms with van der Waals surface area (Å²) < 4.78 is 0. The van der Waals surface area contributed by atoms with Gasteiger partial charge < -0.3 is 11.1 Å². The average Bonchev–Trinajstić information content (AvgIpc) is 2.44. The smallest absolute Gasteiger partial charge is 0.234 e. The molecule has 16 heavy (non-hydrogen) atoms. The zero-order chi connectivity index (χ0) is 12.3. The lowest BCUT2D eigenvalue weighted by molar-refractivity contribution is -0.121. The maximum atomic E-state index is 11.2. The highest BCUT2D eigenvalue weighted by Crippen LogP contribution is 2.20. The minimum Gasteiger partial charge on any atom is -0.368 e. The van der Waals surface area contributed by atoms with Crippen LogP contribution in [0.3, 0.4) is 0 Å². The van der Waals surface area contributed by atoms with E-state index in [-0.39, 0.29) is 17.9 Å². The van der Waals surface area contributed by atoms with Gasteiger partial charge in [-0.2, -0.15) is 0 Å². The molecular formula is C12H20N2OS. The van der Waals surface area contributed by atoms with Gasteiger partial charge in [0.2, 0.25) is 5.91 Å². The van der Waals surface area contributed by atoms with Crippen molar-refractivity contribution in [2.24, 2.45) is 11.7 Å². The van der Waals surface area contributed by atoms with Gasteiger partial charge in [0.05, 0.1) is 6.04 Å². The van der Waals surface area contributed by atoms with Crippen LogP contribution in [0.15, 0.2) is 6.07 Å². The lowest BCUT2D eigenvalue weighted by Gasteiger charge is -2.18. The lowest BCUT2D eigenvalue weighted by atomic mass is 10.0. The maximum absolute atomic E-state index is 11.2. The zero-order valence-electron chi connectivity index (χ0n) is 10.3. The quantitative estimate of drug-likeness (QED) is 0.826. The van der Waals surface area contributed by atoms with Crippen molar-refractivity contribution >= 4 is 17.2 Å². The van der Waals surface area contributed by atoms with Crippen molar-refractivity contribution in [1.82, 2.24) is 5.32 Å². The summed E-state index contributed by atoms with van der Waals surface area (Å²) in [5, 5.41) is 3.22. The summed E-state index contributed by atoms with van der Waals surface area (Å²) in [6, 6.07) is 1.91. The second-order valence-corrected chi connectivity index (χ2v) is 5.90. The molecular weight excluding hydrogens is 220 g/mol. The van der Waals surface area contributed by atoms with E-state index in [1.807, 2.05) is 13.8 Å². The second kappa shape index (κ2) is 5.46. The molecule has 1 amide bonds. The molecule has 0 aliphatic rings. The molecule has 0 aliphatic heterocycles. The van der Waals surface area contributed by atoms with Gasteiger partial charge in [-0.05, 0) is 31.4 Å². The van der Waals surface area contributed by atoms with Gasteiger partial charge in [0.15, 0.2) is 0 Å². The van der Waals surface area contributed by atoms with Crippen LogP contribution in [0, 0.1) is 19.8 Å². The van der Waals surface area contributed by atoms with E-state index in [4.69, 9.17) is 5.73 Å². The number of hydrogen-bond acceptors (Lipinski definition) is 3. The summed E-state index contributed by atoms with van der Waals surface area (Å²) in [6.45, 7) is 8.89. The Morgan fingerprint density at radius 2 is 2.12 bits per heavy atom. The molecule has 0 saturated heterocycles. The fourth-order valence-electron chi connectivity index (χ4n) is 1.74. The van der Waals surface area contributed by atoms with Gasteiger partial charge in [0.1, 0.15) is 0 Å². The Balaban J connectivity index is 2.62. The number of nitrogens with two attached hydrogens (primary N) is 1. The van der Waals surface area contributed by atoms with Crippen molar-refractivity contribution in [2.45, 2.75) is 40.3 Å². The predicted octanol–water partition coefficient (Wildman–Crippen LogP) is 1.96. The van der Waals surface area contributed by atoms with Crippen LogP contribution in [0.5, 0.6) is 0 Å². The number of aryl methyl sites for hydroxylation is 2. The molecule has 1 aromatic rings. The molecule has 1 atom stereocenters. The maximum Gasteiger partial charge on any atom is 0.234 e. The number of carbonyl (C=O) groups excluding carboxylic acids is 1. The van der Waals surface area contributed by atoms with E-state index in [0.29, 0.717) is 6.54 Å². The van der Waals surface area contributed by atoms with Gasteiger partial charge in [-0.3, -0.25) is 4.79 Å². The van der Waals surface area contributed by atoms with E-state index in [0.717, 1.165) is 0 Å². The Kier molecular flexibility index (Phi) is 4.50. The molecule has 1 aromatic heterocycles. The minimum atomic E-state index is -0.278. The normalized spacial score (nSPS) is 13.1. The van der Waals surface area contributed by atoms with Crippen molar-refractivity contribution < 1.29 is 4.79 Å². The Bertz CT molecular complexity index is 371.